The van der Waals surface area contributed by atoms with Gasteiger partial charge in [0.15, 0.2) is 17.5 Å². The predicted octanol–water partition coefficient (Wildman–Crippen LogP) is 6.17. The van der Waals surface area contributed by atoms with Crippen LogP contribution in [0.1, 0.15) is 72.7 Å². The van der Waals surface area contributed by atoms with Gasteiger partial charge in [-0.05, 0) is 74.8 Å². The monoisotopic (exact) mass is 527 g/mol. The maximum Gasteiger partial charge on any atom is 0.313 e. The van der Waals surface area contributed by atoms with Crippen LogP contribution in [0.25, 0.3) is 0 Å². The van der Waals surface area contributed by atoms with E-state index in [1.807, 2.05) is 66.1 Å². The molecule has 1 aliphatic rings. The van der Waals surface area contributed by atoms with Gasteiger partial charge in [0.2, 0.25) is 0 Å². The molecule has 1 fully saturated rings. The summed E-state index contributed by atoms with van der Waals surface area (Å²) in [7, 11) is 0. The summed E-state index contributed by atoms with van der Waals surface area (Å²) in [5.41, 5.74) is -0.827. The lowest BCUT2D eigenvalue weighted by molar-refractivity contribution is -0.170. The fourth-order valence-electron chi connectivity index (χ4n) is 4.54. The summed E-state index contributed by atoms with van der Waals surface area (Å²) in [6.45, 7) is 16.2. The molecule has 3 heterocycles. The molecule has 2 N–H and O–H groups in total. The first kappa shape index (κ1) is 27.7. The van der Waals surface area contributed by atoms with E-state index in [1.54, 1.807) is 0 Å². The maximum atomic E-state index is 15.3. The van der Waals surface area contributed by atoms with E-state index in [4.69, 9.17) is 27.9 Å². The molecule has 194 valence electrons. The van der Waals surface area contributed by atoms with Crippen LogP contribution in [0.5, 0.6) is 0 Å². The molecule has 0 radical (unpaired) electrons. The van der Waals surface area contributed by atoms with Crippen molar-refractivity contribution in [1.29, 1.82) is 0 Å². The van der Waals surface area contributed by atoms with E-state index in [0.29, 0.717) is 25.2 Å². The number of esters is 1. The first-order valence-corrected chi connectivity index (χ1v) is 12.6. The van der Waals surface area contributed by atoms with E-state index in [2.05, 4.69) is 20.7 Å². The van der Waals surface area contributed by atoms with E-state index in [0.717, 1.165) is 5.69 Å². The summed E-state index contributed by atoms with van der Waals surface area (Å²) in [6, 6.07) is 1.92. The van der Waals surface area contributed by atoms with Gasteiger partial charge in [0.1, 0.15) is 15.6 Å². The van der Waals surface area contributed by atoms with Crippen LogP contribution in [-0.2, 0) is 21.5 Å². The Hall–Kier alpha value is -1.90. The smallest absolute Gasteiger partial charge is 0.313 e. The molecule has 0 bridgehead atoms. The van der Waals surface area contributed by atoms with Crippen molar-refractivity contribution >= 4 is 40.8 Å². The van der Waals surface area contributed by atoms with Gasteiger partial charge in [-0.25, -0.2) is 9.37 Å². The number of carbonyl (C=O) groups excluding carboxylic acids is 1. The topological polar surface area (TPSA) is 81.1 Å². The minimum absolute atomic E-state index is 0.0409. The standard InChI is InChI=1S/C25H36Cl2FN5O2/c1-14-12-25(9-10-29-14,22(34)35-24(6,7)8)13-16-20(28)18(26)19(27)21(30-16)31-17-11-15(2)33(32-17)23(3,4)5/h11,14,29H,9-10,12-13H2,1-8H3,(H,30,31,32). The lowest BCUT2D eigenvalue weighted by Crippen LogP contribution is -2.50. The summed E-state index contributed by atoms with van der Waals surface area (Å²) in [5, 5.41) is 10.7. The molecule has 0 aliphatic carbocycles. The van der Waals surface area contributed by atoms with Gasteiger partial charge in [0.05, 0.1) is 16.6 Å². The number of nitrogens with zero attached hydrogens (tertiary/aromatic N) is 3. The molecule has 0 amide bonds. The highest BCUT2D eigenvalue weighted by Gasteiger charge is 2.45. The second kappa shape index (κ2) is 9.87. The van der Waals surface area contributed by atoms with Crippen LogP contribution in [0.2, 0.25) is 10.0 Å². The number of hydrogen-bond donors (Lipinski definition) is 2. The minimum atomic E-state index is -0.940. The third kappa shape index (κ3) is 6.27. The lowest BCUT2D eigenvalue weighted by Gasteiger charge is -2.40. The zero-order valence-electron chi connectivity index (χ0n) is 21.8. The Kier molecular flexibility index (Phi) is 7.80. The highest BCUT2D eigenvalue weighted by Crippen LogP contribution is 2.41. The van der Waals surface area contributed by atoms with Crippen molar-refractivity contribution in [3.63, 3.8) is 0 Å². The Bertz CT molecular complexity index is 1110. The summed E-state index contributed by atoms with van der Waals surface area (Å²) >= 11 is 12.7. The number of rotatable bonds is 5. The van der Waals surface area contributed by atoms with Gasteiger partial charge in [0, 0.05) is 24.2 Å². The number of carbonyl (C=O) groups is 1. The lowest BCUT2D eigenvalue weighted by atomic mass is 9.72. The number of pyridine rings is 1. The molecule has 3 rings (SSSR count). The van der Waals surface area contributed by atoms with Crippen molar-refractivity contribution in [2.24, 2.45) is 5.41 Å². The van der Waals surface area contributed by atoms with Crippen LogP contribution in [0.3, 0.4) is 0 Å². The summed E-state index contributed by atoms with van der Waals surface area (Å²) < 4.78 is 23.0. The molecule has 2 aromatic rings. The number of anilines is 2. The van der Waals surface area contributed by atoms with E-state index < -0.39 is 16.8 Å². The van der Waals surface area contributed by atoms with Crippen molar-refractivity contribution in [1.82, 2.24) is 20.1 Å². The van der Waals surface area contributed by atoms with Crippen molar-refractivity contribution < 1.29 is 13.9 Å². The Morgan fingerprint density at radius 1 is 1.29 bits per heavy atom. The number of halogens is 3. The van der Waals surface area contributed by atoms with E-state index in [-0.39, 0.29) is 45.5 Å². The highest BCUT2D eigenvalue weighted by atomic mass is 35.5. The van der Waals surface area contributed by atoms with Crippen LogP contribution in [0, 0.1) is 18.2 Å². The second-order valence-electron chi connectivity index (χ2n) is 11.5. The molecule has 7 nitrogen and oxygen atoms in total. The summed E-state index contributed by atoms with van der Waals surface area (Å²) in [4.78, 5) is 17.9. The number of hydrogen-bond acceptors (Lipinski definition) is 6. The minimum Gasteiger partial charge on any atom is -0.460 e. The first-order chi connectivity index (χ1) is 16.0. The number of ether oxygens (including phenoxy) is 1. The van der Waals surface area contributed by atoms with Crippen molar-refractivity contribution in [3.05, 3.63) is 33.3 Å². The van der Waals surface area contributed by atoms with Crippen LogP contribution >= 0.6 is 23.2 Å². The van der Waals surface area contributed by atoms with Crippen molar-refractivity contribution in [2.75, 3.05) is 11.9 Å². The molecule has 2 atom stereocenters. The SMILES string of the molecule is Cc1cc(Nc2nc(CC3(C(=O)OC(C)(C)C)CCNC(C)C3)c(F)c(Cl)c2Cl)nn1C(C)(C)C. The third-order valence-corrected chi connectivity index (χ3v) is 6.81. The van der Waals surface area contributed by atoms with Gasteiger partial charge < -0.3 is 15.4 Å². The third-order valence-electron chi connectivity index (χ3n) is 5.99. The van der Waals surface area contributed by atoms with E-state index in [1.165, 1.54) is 0 Å². The van der Waals surface area contributed by atoms with Gasteiger partial charge >= 0.3 is 5.97 Å². The first-order valence-electron chi connectivity index (χ1n) is 11.9. The highest BCUT2D eigenvalue weighted by molar-refractivity contribution is 6.43. The molecule has 35 heavy (non-hydrogen) atoms. The van der Waals surface area contributed by atoms with Crippen molar-refractivity contribution in [3.8, 4) is 0 Å². The zero-order valence-corrected chi connectivity index (χ0v) is 23.3. The van der Waals surface area contributed by atoms with E-state index >= 15 is 4.39 Å². The average Bonchev–Trinajstić information content (AvgIpc) is 3.09. The Morgan fingerprint density at radius 3 is 2.49 bits per heavy atom. The number of aryl methyl sites for hydroxylation is 1. The fraction of sp³-hybridized carbons (Fsp3) is 0.640. The molecular weight excluding hydrogens is 492 g/mol. The molecule has 1 aliphatic heterocycles. The Balaban J connectivity index is 2.00. The zero-order chi connectivity index (χ0) is 26.3. The number of nitrogens with one attached hydrogen (secondary N) is 2. The average molecular weight is 529 g/mol. The van der Waals surface area contributed by atoms with Gasteiger partial charge in [-0.1, -0.05) is 23.2 Å². The molecule has 0 spiro atoms. The quantitative estimate of drug-likeness (QED) is 0.452. The maximum absolute atomic E-state index is 15.3. The second-order valence-corrected chi connectivity index (χ2v) is 12.3. The molecule has 0 saturated carbocycles. The molecule has 2 unspecified atom stereocenters. The van der Waals surface area contributed by atoms with Crippen LogP contribution in [-0.4, -0.2) is 38.9 Å². The fourth-order valence-corrected chi connectivity index (χ4v) is 4.91. The summed E-state index contributed by atoms with van der Waals surface area (Å²) in [5.74, 6) is -0.391. The predicted molar refractivity (Wildman–Crippen MR) is 138 cm³/mol. The van der Waals surface area contributed by atoms with Crippen LogP contribution in [0.15, 0.2) is 6.07 Å². The Morgan fingerprint density at radius 2 is 1.94 bits per heavy atom. The van der Waals surface area contributed by atoms with Gasteiger partial charge in [-0.15, -0.1) is 0 Å². The molecule has 1 saturated heterocycles. The number of aromatic nitrogens is 3. The summed E-state index contributed by atoms with van der Waals surface area (Å²) in [6.07, 6.45) is 1.02. The largest absolute Gasteiger partial charge is 0.460 e. The van der Waals surface area contributed by atoms with Crippen molar-refractivity contribution in [2.45, 2.75) is 91.8 Å². The molecule has 0 aromatic carbocycles. The molecule has 10 heteroatoms. The normalized spacial score (nSPS) is 21.2. The Labute approximate surface area is 217 Å². The van der Waals surface area contributed by atoms with Crippen LogP contribution in [0.4, 0.5) is 16.0 Å². The van der Waals surface area contributed by atoms with Crippen LogP contribution < -0.4 is 10.6 Å². The van der Waals surface area contributed by atoms with E-state index in [9.17, 15) is 4.79 Å². The van der Waals surface area contributed by atoms with Gasteiger partial charge in [-0.3, -0.25) is 9.48 Å². The molecule has 2 aromatic heterocycles. The number of piperidine rings is 1. The van der Waals surface area contributed by atoms with Gasteiger partial charge in [-0.2, -0.15) is 5.10 Å². The molecular formula is C25H36Cl2FN5O2. The van der Waals surface area contributed by atoms with Gasteiger partial charge in [0.25, 0.3) is 0 Å².